The van der Waals surface area contributed by atoms with Crippen molar-refractivity contribution in [1.29, 1.82) is 0 Å². The molecule has 0 aliphatic carbocycles. The zero-order valence-corrected chi connectivity index (χ0v) is 13.2. The number of unbranched alkanes of at least 4 members (excludes halogenated alkanes) is 3. The third-order valence-electron chi connectivity index (χ3n) is 3.00. The first kappa shape index (κ1) is 17.0. The lowest BCUT2D eigenvalue weighted by atomic mass is 10.2. The summed E-state index contributed by atoms with van der Waals surface area (Å²) in [5.41, 5.74) is 0. The van der Waals surface area contributed by atoms with Crippen LogP contribution < -0.4 is 10.1 Å². The lowest BCUT2D eigenvalue weighted by Crippen LogP contribution is -2.13. The van der Waals surface area contributed by atoms with E-state index in [1.807, 2.05) is 0 Å². The molecular weight excluding hydrogens is 274 g/mol. The molecule has 1 aromatic carbocycles. The van der Waals surface area contributed by atoms with E-state index in [-0.39, 0.29) is 0 Å². The maximum atomic E-state index is 11.4. The molecule has 0 unspecified atom stereocenters. The Labute approximate surface area is 122 Å². The van der Waals surface area contributed by atoms with E-state index in [1.165, 1.54) is 19.1 Å². The third-order valence-corrected chi connectivity index (χ3v) is 4.11. The van der Waals surface area contributed by atoms with Crippen LogP contribution in [0, 0.1) is 0 Å². The lowest BCUT2D eigenvalue weighted by Gasteiger charge is -2.07. The molecule has 0 aliphatic rings. The predicted molar refractivity (Wildman–Crippen MR) is 82.1 cm³/mol. The number of hydrogen-bond donors (Lipinski definition) is 1. The van der Waals surface area contributed by atoms with Crippen molar-refractivity contribution in [2.75, 3.05) is 26.0 Å². The molecule has 0 saturated heterocycles. The summed E-state index contributed by atoms with van der Waals surface area (Å²) in [6.45, 7) is 4.85. The Morgan fingerprint density at radius 2 is 1.90 bits per heavy atom. The molecule has 0 spiro atoms. The molecule has 0 aliphatic heterocycles. The van der Waals surface area contributed by atoms with Crippen LogP contribution in [0.5, 0.6) is 5.75 Å². The van der Waals surface area contributed by atoms with E-state index in [9.17, 15) is 8.42 Å². The summed E-state index contributed by atoms with van der Waals surface area (Å²) >= 11 is 0. The van der Waals surface area contributed by atoms with Crippen LogP contribution in [0.3, 0.4) is 0 Å². The van der Waals surface area contributed by atoms with Gasteiger partial charge in [0.1, 0.15) is 5.75 Å². The fourth-order valence-electron chi connectivity index (χ4n) is 1.87. The average molecular weight is 299 g/mol. The molecule has 5 heteroatoms. The van der Waals surface area contributed by atoms with Crippen LogP contribution in [-0.4, -0.2) is 34.4 Å². The minimum absolute atomic E-state index is 0.306. The molecule has 0 amide bonds. The Morgan fingerprint density at radius 1 is 1.15 bits per heavy atom. The maximum Gasteiger partial charge on any atom is 0.175 e. The SMILES string of the molecule is CCNCCCCCCOc1cccc(S(C)(=O)=O)c1. The summed E-state index contributed by atoms with van der Waals surface area (Å²) in [5, 5.41) is 3.30. The summed E-state index contributed by atoms with van der Waals surface area (Å²) in [4.78, 5) is 0.306. The first-order valence-electron chi connectivity index (χ1n) is 7.17. The molecule has 0 aromatic heterocycles. The Kier molecular flexibility index (Phi) is 7.62. The van der Waals surface area contributed by atoms with Crippen molar-refractivity contribution >= 4 is 9.84 Å². The van der Waals surface area contributed by atoms with Crippen molar-refractivity contribution in [2.24, 2.45) is 0 Å². The van der Waals surface area contributed by atoms with Crippen LogP contribution in [0.15, 0.2) is 29.2 Å². The average Bonchev–Trinajstić information content (AvgIpc) is 2.41. The molecule has 114 valence electrons. The highest BCUT2D eigenvalue weighted by Crippen LogP contribution is 2.17. The highest BCUT2D eigenvalue weighted by Gasteiger charge is 2.07. The number of sulfone groups is 1. The quantitative estimate of drug-likeness (QED) is 0.675. The van der Waals surface area contributed by atoms with Crippen LogP contribution >= 0.6 is 0 Å². The Balaban J connectivity index is 2.22. The van der Waals surface area contributed by atoms with Gasteiger partial charge >= 0.3 is 0 Å². The first-order valence-corrected chi connectivity index (χ1v) is 9.07. The van der Waals surface area contributed by atoms with Gasteiger partial charge in [-0.3, -0.25) is 0 Å². The van der Waals surface area contributed by atoms with E-state index in [2.05, 4.69) is 12.2 Å². The molecule has 4 nitrogen and oxygen atoms in total. The van der Waals surface area contributed by atoms with Gasteiger partial charge in [-0.15, -0.1) is 0 Å². The van der Waals surface area contributed by atoms with Gasteiger partial charge < -0.3 is 10.1 Å². The summed E-state index contributed by atoms with van der Waals surface area (Å²) < 4.78 is 28.4. The largest absolute Gasteiger partial charge is 0.494 e. The number of nitrogens with one attached hydrogen (secondary N) is 1. The second kappa shape index (κ2) is 8.97. The normalized spacial score (nSPS) is 11.5. The van der Waals surface area contributed by atoms with Crippen LogP contribution in [-0.2, 0) is 9.84 Å². The molecule has 1 rings (SSSR count). The number of rotatable bonds is 10. The van der Waals surface area contributed by atoms with E-state index in [1.54, 1.807) is 24.3 Å². The van der Waals surface area contributed by atoms with Crippen molar-refractivity contribution in [3.8, 4) is 5.75 Å². The Hall–Kier alpha value is -1.07. The Bertz CT molecular complexity index is 486. The molecule has 20 heavy (non-hydrogen) atoms. The second-order valence-corrected chi connectivity index (χ2v) is 6.88. The van der Waals surface area contributed by atoms with Crippen molar-refractivity contribution in [1.82, 2.24) is 5.32 Å². The topological polar surface area (TPSA) is 55.4 Å². The molecule has 0 radical (unpaired) electrons. The fraction of sp³-hybridized carbons (Fsp3) is 0.600. The summed E-state index contributed by atoms with van der Waals surface area (Å²) in [7, 11) is -3.16. The number of benzene rings is 1. The minimum atomic E-state index is -3.16. The van der Waals surface area contributed by atoms with Gasteiger partial charge in [0.05, 0.1) is 11.5 Å². The van der Waals surface area contributed by atoms with Gasteiger partial charge in [-0.25, -0.2) is 8.42 Å². The molecule has 0 bridgehead atoms. The zero-order chi connectivity index (χ0) is 14.8. The maximum absolute atomic E-state index is 11.4. The molecule has 0 atom stereocenters. The first-order chi connectivity index (χ1) is 9.54. The van der Waals surface area contributed by atoms with Gasteiger partial charge in [0, 0.05) is 6.26 Å². The second-order valence-electron chi connectivity index (χ2n) is 4.86. The molecule has 0 saturated carbocycles. The monoisotopic (exact) mass is 299 g/mol. The fourth-order valence-corrected chi connectivity index (χ4v) is 2.52. The van der Waals surface area contributed by atoms with E-state index in [4.69, 9.17) is 4.74 Å². The van der Waals surface area contributed by atoms with E-state index < -0.39 is 9.84 Å². The van der Waals surface area contributed by atoms with E-state index in [0.29, 0.717) is 17.3 Å². The highest BCUT2D eigenvalue weighted by atomic mass is 32.2. The van der Waals surface area contributed by atoms with Crippen LogP contribution in [0.2, 0.25) is 0 Å². The smallest absolute Gasteiger partial charge is 0.175 e. The van der Waals surface area contributed by atoms with Crippen LogP contribution in [0.25, 0.3) is 0 Å². The van der Waals surface area contributed by atoms with Crippen molar-refractivity contribution in [3.63, 3.8) is 0 Å². The van der Waals surface area contributed by atoms with Crippen LogP contribution in [0.1, 0.15) is 32.6 Å². The van der Waals surface area contributed by atoms with Gasteiger partial charge in [-0.05, 0) is 44.1 Å². The van der Waals surface area contributed by atoms with E-state index >= 15 is 0 Å². The van der Waals surface area contributed by atoms with Gasteiger partial charge in [0.25, 0.3) is 0 Å². The van der Waals surface area contributed by atoms with Gasteiger partial charge in [-0.1, -0.05) is 25.8 Å². The standard InChI is InChI=1S/C15H25NO3S/c1-3-16-11-6-4-5-7-12-19-14-9-8-10-15(13-14)20(2,17)18/h8-10,13,16H,3-7,11-12H2,1-2H3. The van der Waals surface area contributed by atoms with Crippen molar-refractivity contribution in [3.05, 3.63) is 24.3 Å². The van der Waals surface area contributed by atoms with Crippen molar-refractivity contribution in [2.45, 2.75) is 37.5 Å². The molecule has 0 fully saturated rings. The van der Waals surface area contributed by atoms with Crippen LogP contribution in [0.4, 0.5) is 0 Å². The van der Waals surface area contributed by atoms with E-state index in [0.717, 1.165) is 25.9 Å². The van der Waals surface area contributed by atoms with Gasteiger partial charge in [0.2, 0.25) is 0 Å². The Morgan fingerprint density at radius 3 is 2.60 bits per heavy atom. The predicted octanol–water partition coefficient (Wildman–Crippen LogP) is 2.64. The highest BCUT2D eigenvalue weighted by molar-refractivity contribution is 7.90. The zero-order valence-electron chi connectivity index (χ0n) is 12.4. The summed E-state index contributed by atoms with van der Waals surface area (Å²) in [6, 6.07) is 6.67. The number of hydrogen-bond acceptors (Lipinski definition) is 4. The van der Waals surface area contributed by atoms with Crippen molar-refractivity contribution < 1.29 is 13.2 Å². The molecule has 1 N–H and O–H groups in total. The van der Waals surface area contributed by atoms with Gasteiger partial charge in [0.15, 0.2) is 9.84 Å². The molecule has 0 heterocycles. The summed E-state index contributed by atoms with van der Waals surface area (Å²) in [6.07, 6.45) is 5.72. The molecular formula is C15H25NO3S. The third kappa shape index (κ3) is 6.91. The lowest BCUT2D eigenvalue weighted by molar-refractivity contribution is 0.304. The molecule has 1 aromatic rings. The number of ether oxygens (including phenoxy) is 1. The van der Waals surface area contributed by atoms with Gasteiger partial charge in [-0.2, -0.15) is 0 Å². The minimum Gasteiger partial charge on any atom is -0.494 e. The summed E-state index contributed by atoms with van der Waals surface area (Å²) in [5.74, 6) is 0.626.